The van der Waals surface area contributed by atoms with E-state index in [4.69, 9.17) is 0 Å². The van der Waals surface area contributed by atoms with Crippen LogP contribution in [-0.2, 0) is 0 Å². The summed E-state index contributed by atoms with van der Waals surface area (Å²) >= 11 is 0. The van der Waals surface area contributed by atoms with E-state index in [1.807, 2.05) is 0 Å². The maximum absolute atomic E-state index is 3.40. The molecule has 0 aromatic heterocycles. The Morgan fingerprint density at radius 2 is 1.70 bits per heavy atom. The summed E-state index contributed by atoms with van der Waals surface area (Å²) < 4.78 is 0. The molecule has 0 spiro atoms. The maximum Gasteiger partial charge on any atom is 0.0192 e. The third-order valence-corrected chi connectivity index (χ3v) is 2.26. The monoisotopic (exact) mass is 140 g/mol. The molecule has 0 aromatic carbocycles. The zero-order chi connectivity index (χ0) is 7.23. The van der Waals surface area contributed by atoms with Gasteiger partial charge in [-0.3, -0.25) is 0 Å². The summed E-state index contributed by atoms with van der Waals surface area (Å²) in [6, 6.07) is 0.785. The van der Waals surface area contributed by atoms with Gasteiger partial charge in [-0.1, -0.05) is 25.7 Å². The van der Waals surface area contributed by atoms with Gasteiger partial charge in [0, 0.05) is 12.6 Å². The van der Waals surface area contributed by atoms with Gasteiger partial charge in [0.2, 0.25) is 0 Å². The summed E-state index contributed by atoms with van der Waals surface area (Å²) in [5, 5.41) is 3.40. The summed E-state index contributed by atoms with van der Waals surface area (Å²) in [6.45, 7) is 4.15. The van der Waals surface area contributed by atoms with E-state index in [1.54, 1.807) is 0 Å². The number of hydrogen-bond donors (Lipinski definition) is 1. The molecule has 1 aliphatic carbocycles. The first-order valence-electron chi connectivity index (χ1n) is 4.47. The van der Waals surface area contributed by atoms with E-state index >= 15 is 0 Å². The lowest BCUT2D eigenvalue weighted by Gasteiger charge is -2.13. The van der Waals surface area contributed by atoms with Gasteiger partial charge < -0.3 is 5.32 Å². The van der Waals surface area contributed by atoms with Crippen LogP contribution in [0.5, 0.6) is 0 Å². The van der Waals surface area contributed by atoms with E-state index in [9.17, 15) is 0 Å². The molecule has 1 N–H and O–H groups in total. The fourth-order valence-corrected chi connectivity index (χ4v) is 1.68. The van der Waals surface area contributed by atoms with Crippen LogP contribution in [0, 0.1) is 6.54 Å². The molecule has 1 rings (SSSR count). The Bertz CT molecular complexity index is 72.8. The van der Waals surface area contributed by atoms with Crippen LogP contribution in [0.1, 0.15) is 45.4 Å². The molecule has 0 heterocycles. The molecule has 10 heavy (non-hydrogen) atoms. The molecule has 59 valence electrons. The van der Waals surface area contributed by atoms with Crippen LogP contribution in [-0.4, -0.2) is 6.04 Å². The van der Waals surface area contributed by atoms with Crippen LogP contribution in [0.15, 0.2) is 0 Å². The smallest absolute Gasteiger partial charge is 0.0192 e. The Labute approximate surface area is 64.2 Å². The van der Waals surface area contributed by atoms with E-state index in [0.29, 0.717) is 0 Å². The minimum absolute atomic E-state index is 0.785. The first kappa shape index (κ1) is 8.06. The van der Waals surface area contributed by atoms with Crippen molar-refractivity contribution in [3.05, 3.63) is 6.54 Å². The van der Waals surface area contributed by atoms with Gasteiger partial charge in [-0.25, -0.2) is 0 Å². The van der Waals surface area contributed by atoms with Crippen molar-refractivity contribution in [3.8, 4) is 0 Å². The van der Waals surface area contributed by atoms with E-state index in [1.165, 1.54) is 38.5 Å². The summed E-state index contributed by atoms with van der Waals surface area (Å²) in [6.07, 6.45) is 8.50. The van der Waals surface area contributed by atoms with Gasteiger partial charge >= 0.3 is 0 Å². The molecule has 0 saturated heterocycles. The molecule has 1 fully saturated rings. The summed E-state index contributed by atoms with van der Waals surface area (Å²) in [5.74, 6) is 0. The van der Waals surface area contributed by atoms with Crippen LogP contribution >= 0.6 is 0 Å². The van der Waals surface area contributed by atoms with Gasteiger partial charge in [0.15, 0.2) is 0 Å². The fraction of sp³-hybridized carbons (Fsp3) is 0.889. The van der Waals surface area contributed by atoms with Gasteiger partial charge in [-0.05, 0) is 19.8 Å². The fourth-order valence-electron chi connectivity index (χ4n) is 1.68. The predicted octanol–water partition coefficient (Wildman–Crippen LogP) is 2.48. The lowest BCUT2D eigenvalue weighted by Crippen LogP contribution is -2.24. The molecule has 0 aromatic rings. The first-order valence-corrected chi connectivity index (χ1v) is 4.47. The SMILES string of the molecule is C[CH]NC1CCCCCC1. The third-order valence-electron chi connectivity index (χ3n) is 2.26. The first-order chi connectivity index (χ1) is 4.93. The maximum atomic E-state index is 3.40. The minimum Gasteiger partial charge on any atom is -0.310 e. The van der Waals surface area contributed by atoms with Gasteiger partial charge in [-0.15, -0.1) is 0 Å². The van der Waals surface area contributed by atoms with Crippen LogP contribution in [0.3, 0.4) is 0 Å². The molecule has 0 aliphatic heterocycles. The zero-order valence-corrected chi connectivity index (χ0v) is 6.90. The zero-order valence-electron chi connectivity index (χ0n) is 6.90. The molecule has 0 amide bonds. The largest absolute Gasteiger partial charge is 0.310 e. The predicted molar refractivity (Wildman–Crippen MR) is 44.6 cm³/mol. The van der Waals surface area contributed by atoms with Gasteiger partial charge in [0.1, 0.15) is 0 Å². The minimum atomic E-state index is 0.785. The van der Waals surface area contributed by atoms with Gasteiger partial charge in [0.25, 0.3) is 0 Å². The molecular weight excluding hydrogens is 122 g/mol. The Hall–Kier alpha value is -0.0400. The van der Waals surface area contributed by atoms with Crippen molar-refractivity contribution in [1.29, 1.82) is 0 Å². The van der Waals surface area contributed by atoms with Crippen molar-refractivity contribution in [3.63, 3.8) is 0 Å². The van der Waals surface area contributed by atoms with Gasteiger partial charge in [0.05, 0.1) is 0 Å². The molecule has 0 unspecified atom stereocenters. The molecule has 1 heteroatoms. The van der Waals surface area contributed by atoms with E-state index in [2.05, 4.69) is 18.8 Å². The van der Waals surface area contributed by atoms with Gasteiger partial charge in [-0.2, -0.15) is 0 Å². The third kappa shape index (κ3) is 2.70. The van der Waals surface area contributed by atoms with E-state index in [-0.39, 0.29) is 0 Å². The number of rotatable bonds is 2. The van der Waals surface area contributed by atoms with Crippen molar-refractivity contribution in [2.75, 3.05) is 0 Å². The molecule has 1 radical (unpaired) electrons. The second-order valence-corrected chi connectivity index (χ2v) is 3.14. The molecular formula is C9H18N. The number of nitrogens with one attached hydrogen (secondary N) is 1. The lowest BCUT2D eigenvalue weighted by atomic mass is 10.1. The second-order valence-electron chi connectivity index (χ2n) is 3.14. The van der Waals surface area contributed by atoms with Crippen LogP contribution < -0.4 is 5.32 Å². The standard InChI is InChI=1S/C9H18N/c1-2-10-9-7-5-3-4-6-8-9/h2,9-10H,3-8H2,1H3. The quantitative estimate of drug-likeness (QED) is 0.581. The Kier molecular flexibility index (Phi) is 3.81. The van der Waals surface area contributed by atoms with Crippen molar-refractivity contribution in [2.45, 2.75) is 51.5 Å². The summed E-state index contributed by atoms with van der Waals surface area (Å²) in [7, 11) is 0. The second kappa shape index (κ2) is 4.73. The molecule has 1 saturated carbocycles. The average Bonchev–Trinajstić information content (AvgIpc) is 2.17. The molecule has 1 nitrogen and oxygen atoms in total. The highest BCUT2D eigenvalue weighted by molar-refractivity contribution is 4.72. The highest BCUT2D eigenvalue weighted by atomic mass is 14.9. The lowest BCUT2D eigenvalue weighted by molar-refractivity contribution is 0.499. The average molecular weight is 140 g/mol. The Morgan fingerprint density at radius 3 is 2.20 bits per heavy atom. The van der Waals surface area contributed by atoms with Crippen LogP contribution in [0.2, 0.25) is 0 Å². The van der Waals surface area contributed by atoms with Crippen LogP contribution in [0.25, 0.3) is 0 Å². The summed E-state index contributed by atoms with van der Waals surface area (Å²) in [5.41, 5.74) is 0. The van der Waals surface area contributed by atoms with Crippen molar-refractivity contribution in [2.24, 2.45) is 0 Å². The normalized spacial score (nSPS) is 22.5. The highest BCUT2D eigenvalue weighted by Gasteiger charge is 2.09. The van der Waals surface area contributed by atoms with E-state index < -0.39 is 0 Å². The van der Waals surface area contributed by atoms with Crippen molar-refractivity contribution < 1.29 is 0 Å². The Morgan fingerprint density at radius 1 is 1.10 bits per heavy atom. The van der Waals surface area contributed by atoms with E-state index in [0.717, 1.165) is 6.04 Å². The summed E-state index contributed by atoms with van der Waals surface area (Å²) in [4.78, 5) is 0. The topological polar surface area (TPSA) is 12.0 Å². The van der Waals surface area contributed by atoms with Crippen molar-refractivity contribution >= 4 is 0 Å². The molecule has 1 aliphatic rings. The van der Waals surface area contributed by atoms with Crippen LogP contribution in [0.4, 0.5) is 0 Å². The van der Waals surface area contributed by atoms with Crippen molar-refractivity contribution in [1.82, 2.24) is 5.32 Å². The molecule has 0 bridgehead atoms. The number of hydrogen-bond acceptors (Lipinski definition) is 1. The Balaban J connectivity index is 2.15. The highest BCUT2D eigenvalue weighted by Crippen LogP contribution is 2.16. The molecule has 0 atom stereocenters.